The molecule has 6 nitrogen and oxygen atoms in total. The van der Waals surface area contributed by atoms with Crippen molar-refractivity contribution in [1.82, 2.24) is 25.5 Å². The maximum Gasteiger partial charge on any atom is 0.216 e. The number of nitrogens with one attached hydrogen (secondary N) is 1. The number of nitrogens with zero attached hydrogens (tertiary/aromatic N) is 4. The molecule has 0 saturated carbocycles. The van der Waals surface area contributed by atoms with Crippen LogP contribution in [0.4, 0.5) is 0 Å². The van der Waals surface area contributed by atoms with Crippen LogP contribution in [0, 0.1) is 0 Å². The van der Waals surface area contributed by atoms with Crippen LogP contribution in [-0.4, -0.2) is 32.7 Å². The zero-order valence-electron chi connectivity index (χ0n) is 8.69. The van der Waals surface area contributed by atoms with Crippen molar-refractivity contribution in [3.63, 3.8) is 0 Å². The smallest absolute Gasteiger partial charge is 0.216 e. The molecule has 0 unspecified atom stereocenters. The van der Waals surface area contributed by atoms with E-state index in [9.17, 15) is 4.79 Å². The van der Waals surface area contributed by atoms with Gasteiger partial charge >= 0.3 is 0 Å². The summed E-state index contributed by atoms with van der Waals surface area (Å²) in [4.78, 5) is 10.6. The van der Waals surface area contributed by atoms with Crippen molar-refractivity contribution in [2.24, 2.45) is 0 Å². The first-order chi connectivity index (χ1) is 6.61. The fourth-order valence-electron chi connectivity index (χ4n) is 1.13. The maximum atomic E-state index is 10.6. The zero-order valence-corrected chi connectivity index (χ0v) is 8.69. The van der Waals surface area contributed by atoms with Gasteiger partial charge in [0.1, 0.15) is 0 Å². The Morgan fingerprint density at radius 1 is 1.57 bits per heavy atom. The summed E-state index contributed by atoms with van der Waals surface area (Å²) in [6, 6.07) is 0.248. The molecule has 1 amide bonds. The topological polar surface area (TPSA) is 72.7 Å². The summed E-state index contributed by atoms with van der Waals surface area (Å²) in [5, 5.41) is 14.0. The number of hydrogen-bond acceptors (Lipinski definition) is 4. The van der Waals surface area contributed by atoms with Crippen molar-refractivity contribution in [2.45, 2.75) is 33.2 Å². The van der Waals surface area contributed by atoms with Crippen LogP contribution in [0.5, 0.6) is 0 Å². The largest absolute Gasteiger partial charge is 0.356 e. The molecule has 14 heavy (non-hydrogen) atoms. The van der Waals surface area contributed by atoms with Crippen molar-refractivity contribution in [3.05, 3.63) is 5.82 Å². The van der Waals surface area contributed by atoms with Gasteiger partial charge in [0.2, 0.25) is 5.91 Å². The van der Waals surface area contributed by atoms with Gasteiger partial charge in [0.15, 0.2) is 5.82 Å². The predicted octanol–water partition coefficient (Wildman–Crippen LogP) is -0.0674. The Labute approximate surface area is 82.7 Å². The van der Waals surface area contributed by atoms with E-state index in [-0.39, 0.29) is 11.9 Å². The van der Waals surface area contributed by atoms with Gasteiger partial charge in [-0.05, 0) is 24.3 Å². The van der Waals surface area contributed by atoms with Crippen LogP contribution < -0.4 is 5.32 Å². The van der Waals surface area contributed by atoms with Crippen molar-refractivity contribution < 1.29 is 4.79 Å². The Kier molecular flexibility index (Phi) is 3.55. The average molecular weight is 197 g/mol. The van der Waals surface area contributed by atoms with Crippen molar-refractivity contribution >= 4 is 5.91 Å². The molecule has 0 saturated heterocycles. The highest BCUT2D eigenvalue weighted by Gasteiger charge is 2.08. The molecule has 0 fully saturated rings. The number of rotatable bonds is 4. The third kappa shape index (κ3) is 2.79. The monoisotopic (exact) mass is 197 g/mol. The lowest BCUT2D eigenvalue weighted by Gasteiger charge is -2.07. The van der Waals surface area contributed by atoms with E-state index in [1.807, 2.05) is 13.8 Å². The van der Waals surface area contributed by atoms with E-state index >= 15 is 0 Å². The van der Waals surface area contributed by atoms with Crippen LogP contribution in [0.2, 0.25) is 0 Å². The van der Waals surface area contributed by atoms with Crippen LogP contribution in [0.15, 0.2) is 0 Å². The van der Waals surface area contributed by atoms with E-state index in [1.54, 1.807) is 4.68 Å². The molecule has 1 aromatic heterocycles. The first kappa shape index (κ1) is 10.6. The molecule has 0 aliphatic heterocycles. The molecule has 1 N–H and O–H groups in total. The molecular formula is C8H15N5O. The van der Waals surface area contributed by atoms with Crippen LogP contribution in [0.25, 0.3) is 0 Å². The van der Waals surface area contributed by atoms with Gasteiger partial charge < -0.3 is 5.32 Å². The predicted molar refractivity (Wildman–Crippen MR) is 50.6 cm³/mol. The van der Waals surface area contributed by atoms with Gasteiger partial charge in [-0.2, -0.15) is 0 Å². The minimum atomic E-state index is -0.0337. The first-order valence-corrected chi connectivity index (χ1v) is 4.62. The van der Waals surface area contributed by atoms with Crippen molar-refractivity contribution in [2.75, 3.05) is 6.54 Å². The first-order valence-electron chi connectivity index (χ1n) is 4.62. The number of carbonyl (C=O) groups excluding carboxylic acids is 1. The van der Waals surface area contributed by atoms with E-state index in [4.69, 9.17) is 0 Å². The van der Waals surface area contributed by atoms with Gasteiger partial charge in [-0.25, -0.2) is 4.68 Å². The molecule has 0 spiro atoms. The van der Waals surface area contributed by atoms with Gasteiger partial charge in [0.05, 0.1) is 6.04 Å². The fourth-order valence-corrected chi connectivity index (χ4v) is 1.13. The van der Waals surface area contributed by atoms with Gasteiger partial charge in [-0.1, -0.05) is 0 Å². The second kappa shape index (κ2) is 4.69. The quantitative estimate of drug-likeness (QED) is 0.733. The highest BCUT2D eigenvalue weighted by Crippen LogP contribution is 2.03. The third-order valence-corrected chi connectivity index (χ3v) is 1.77. The normalized spacial score (nSPS) is 10.6. The highest BCUT2D eigenvalue weighted by molar-refractivity contribution is 5.72. The Morgan fingerprint density at radius 3 is 2.86 bits per heavy atom. The van der Waals surface area contributed by atoms with Gasteiger partial charge in [0, 0.05) is 19.9 Å². The Hall–Kier alpha value is -1.46. The third-order valence-electron chi connectivity index (χ3n) is 1.77. The highest BCUT2D eigenvalue weighted by atomic mass is 16.1. The number of tetrazole rings is 1. The fraction of sp³-hybridized carbons (Fsp3) is 0.750. The number of amides is 1. The number of carbonyl (C=O) groups is 1. The summed E-state index contributed by atoms with van der Waals surface area (Å²) in [7, 11) is 0. The van der Waals surface area contributed by atoms with Gasteiger partial charge in [-0.3, -0.25) is 4.79 Å². The van der Waals surface area contributed by atoms with Gasteiger partial charge in [0.25, 0.3) is 0 Å². The summed E-state index contributed by atoms with van der Waals surface area (Å²) in [5.74, 6) is 0.766. The standard InChI is InChI=1S/C8H15N5O/c1-6(2)13-8(10-11-12-13)4-5-9-7(3)14/h6H,4-5H2,1-3H3,(H,9,14). The molecule has 0 atom stereocenters. The Balaban J connectivity index is 2.50. The molecule has 0 aliphatic carbocycles. The zero-order chi connectivity index (χ0) is 10.6. The van der Waals surface area contributed by atoms with E-state index in [0.29, 0.717) is 13.0 Å². The molecule has 6 heteroatoms. The summed E-state index contributed by atoms with van der Waals surface area (Å²) in [6.07, 6.45) is 0.657. The van der Waals surface area contributed by atoms with E-state index in [2.05, 4.69) is 20.8 Å². The molecule has 1 heterocycles. The molecule has 0 bridgehead atoms. The van der Waals surface area contributed by atoms with Crippen LogP contribution in [0.1, 0.15) is 32.6 Å². The van der Waals surface area contributed by atoms with Crippen LogP contribution in [0.3, 0.4) is 0 Å². The molecule has 0 radical (unpaired) electrons. The number of hydrogen-bond donors (Lipinski definition) is 1. The SMILES string of the molecule is CC(=O)NCCc1nnnn1C(C)C. The van der Waals surface area contributed by atoms with Crippen molar-refractivity contribution in [3.8, 4) is 0 Å². The summed E-state index contributed by atoms with van der Waals surface area (Å²) >= 11 is 0. The molecule has 1 aromatic rings. The Bertz CT molecular complexity index is 306. The lowest BCUT2D eigenvalue weighted by Crippen LogP contribution is -2.24. The minimum Gasteiger partial charge on any atom is -0.356 e. The summed E-state index contributed by atoms with van der Waals surface area (Å²) in [6.45, 7) is 6.09. The summed E-state index contributed by atoms with van der Waals surface area (Å²) in [5.41, 5.74) is 0. The van der Waals surface area contributed by atoms with Crippen LogP contribution in [-0.2, 0) is 11.2 Å². The summed E-state index contributed by atoms with van der Waals surface area (Å²) < 4.78 is 1.75. The maximum absolute atomic E-state index is 10.6. The Morgan fingerprint density at radius 2 is 2.29 bits per heavy atom. The van der Waals surface area contributed by atoms with E-state index in [0.717, 1.165) is 5.82 Å². The van der Waals surface area contributed by atoms with E-state index in [1.165, 1.54) is 6.92 Å². The van der Waals surface area contributed by atoms with Gasteiger partial charge in [-0.15, -0.1) is 5.10 Å². The molecule has 78 valence electrons. The molecule has 0 aliphatic rings. The minimum absolute atomic E-state index is 0.0337. The molecular weight excluding hydrogens is 182 g/mol. The second-order valence-electron chi connectivity index (χ2n) is 3.37. The van der Waals surface area contributed by atoms with Crippen LogP contribution >= 0.6 is 0 Å². The second-order valence-corrected chi connectivity index (χ2v) is 3.37. The molecule has 1 rings (SSSR count). The number of aromatic nitrogens is 4. The lowest BCUT2D eigenvalue weighted by molar-refractivity contribution is -0.118. The van der Waals surface area contributed by atoms with Crippen molar-refractivity contribution in [1.29, 1.82) is 0 Å². The van der Waals surface area contributed by atoms with E-state index < -0.39 is 0 Å². The average Bonchev–Trinajstić information content (AvgIpc) is 2.51. The lowest BCUT2D eigenvalue weighted by atomic mass is 10.3. The molecule has 0 aromatic carbocycles.